The predicted molar refractivity (Wildman–Crippen MR) is 98.7 cm³/mol. The van der Waals surface area contributed by atoms with Crippen LogP contribution >= 0.6 is 11.3 Å². The number of hydrogen-bond acceptors (Lipinski definition) is 4. The summed E-state index contributed by atoms with van der Waals surface area (Å²) in [5.41, 5.74) is 1.76. The number of carbonyl (C=O) groups excluding carboxylic acids is 2. The van der Waals surface area contributed by atoms with Gasteiger partial charge >= 0.3 is 5.97 Å². The van der Waals surface area contributed by atoms with Crippen molar-refractivity contribution in [3.63, 3.8) is 0 Å². The van der Waals surface area contributed by atoms with Crippen LogP contribution in [0.3, 0.4) is 0 Å². The fourth-order valence-electron chi connectivity index (χ4n) is 2.38. The Morgan fingerprint density at radius 1 is 1.04 bits per heavy atom. The number of halogens is 1. The standard InChI is InChI=1S/C20H16FNO3S/c1-13-11-12-26-18(13)20(24)25-17(14-5-3-2-4-6-14)19(23)22-16-9-7-15(21)8-10-16/h2-12,17H,1H3,(H,22,23)/t17-/m0/s1. The van der Waals surface area contributed by atoms with Gasteiger partial charge < -0.3 is 10.1 Å². The van der Waals surface area contributed by atoms with Gasteiger partial charge in [0.15, 0.2) is 0 Å². The van der Waals surface area contributed by atoms with Crippen molar-refractivity contribution in [1.29, 1.82) is 0 Å². The Hall–Kier alpha value is -2.99. The monoisotopic (exact) mass is 369 g/mol. The van der Waals surface area contributed by atoms with Gasteiger partial charge in [0.2, 0.25) is 6.10 Å². The molecule has 0 bridgehead atoms. The third-order valence-corrected chi connectivity index (χ3v) is 4.72. The summed E-state index contributed by atoms with van der Waals surface area (Å²) in [5, 5.41) is 4.45. The number of hydrogen-bond donors (Lipinski definition) is 1. The summed E-state index contributed by atoms with van der Waals surface area (Å²) in [6.45, 7) is 1.81. The molecule has 6 heteroatoms. The molecule has 0 fully saturated rings. The van der Waals surface area contributed by atoms with Gasteiger partial charge in [0.05, 0.1) is 0 Å². The molecular weight excluding hydrogens is 353 g/mol. The molecular formula is C20H16FNO3S. The number of ether oxygens (including phenoxy) is 1. The molecule has 0 saturated heterocycles. The first-order chi connectivity index (χ1) is 12.5. The van der Waals surface area contributed by atoms with E-state index in [4.69, 9.17) is 4.74 Å². The summed E-state index contributed by atoms with van der Waals surface area (Å²) in [6.07, 6.45) is -1.12. The Kier molecular flexibility index (Phi) is 5.43. The van der Waals surface area contributed by atoms with E-state index in [0.29, 0.717) is 16.1 Å². The summed E-state index contributed by atoms with van der Waals surface area (Å²) in [7, 11) is 0. The maximum atomic E-state index is 13.0. The Balaban J connectivity index is 1.83. The normalized spacial score (nSPS) is 11.6. The Bertz CT molecular complexity index is 906. The van der Waals surface area contributed by atoms with Gasteiger partial charge in [-0.1, -0.05) is 30.3 Å². The first kappa shape index (κ1) is 17.8. The second-order valence-electron chi connectivity index (χ2n) is 5.62. The van der Waals surface area contributed by atoms with Gasteiger partial charge in [0.1, 0.15) is 10.7 Å². The molecule has 1 aromatic heterocycles. The highest BCUT2D eigenvalue weighted by Crippen LogP contribution is 2.24. The lowest BCUT2D eigenvalue weighted by Crippen LogP contribution is -2.25. The lowest BCUT2D eigenvalue weighted by atomic mass is 10.1. The Morgan fingerprint density at radius 3 is 2.35 bits per heavy atom. The van der Waals surface area contributed by atoms with Crippen molar-refractivity contribution in [3.05, 3.63) is 87.9 Å². The molecule has 1 atom stereocenters. The number of amides is 1. The van der Waals surface area contributed by atoms with Crippen molar-refractivity contribution < 1.29 is 18.7 Å². The number of nitrogens with one attached hydrogen (secondary N) is 1. The molecule has 1 amide bonds. The molecule has 0 aliphatic carbocycles. The number of anilines is 1. The van der Waals surface area contributed by atoms with Gasteiger partial charge in [-0.15, -0.1) is 11.3 Å². The highest BCUT2D eigenvalue weighted by molar-refractivity contribution is 7.12. The minimum Gasteiger partial charge on any atom is -0.443 e. The van der Waals surface area contributed by atoms with Gasteiger partial charge in [-0.05, 0) is 48.2 Å². The van der Waals surface area contributed by atoms with E-state index in [9.17, 15) is 14.0 Å². The number of rotatable bonds is 5. The molecule has 0 unspecified atom stereocenters. The summed E-state index contributed by atoms with van der Waals surface area (Å²) >= 11 is 1.26. The predicted octanol–water partition coefficient (Wildman–Crippen LogP) is 4.73. The van der Waals surface area contributed by atoms with Crippen LogP contribution in [-0.4, -0.2) is 11.9 Å². The zero-order chi connectivity index (χ0) is 18.5. The fraction of sp³-hybridized carbons (Fsp3) is 0.100. The molecule has 132 valence electrons. The molecule has 4 nitrogen and oxygen atoms in total. The molecule has 1 N–H and O–H groups in total. The first-order valence-corrected chi connectivity index (χ1v) is 8.79. The second kappa shape index (κ2) is 7.93. The van der Waals surface area contributed by atoms with E-state index in [2.05, 4.69) is 5.32 Å². The third kappa shape index (κ3) is 4.15. The summed E-state index contributed by atoms with van der Waals surface area (Å²) in [6, 6.07) is 16.0. The van der Waals surface area contributed by atoms with Crippen LogP contribution in [0.15, 0.2) is 66.0 Å². The van der Waals surface area contributed by atoms with Crippen molar-refractivity contribution in [2.75, 3.05) is 5.32 Å². The van der Waals surface area contributed by atoms with E-state index >= 15 is 0 Å². The van der Waals surface area contributed by atoms with Crippen molar-refractivity contribution in [2.24, 2.45) is 0 Å². The van der Waals surface area contributed by atoms with E-state index in [1.165, 1.54) is 35.6 Å². The molecule has 0 saturated carbocycles. The summed E-state index contributed by atoms with van der Waals surface area (Å²) < 4.78 is 18.5. The highest BCUT2D eigenvalue weighted by atomic mass is 32.1. The summed E-state index contributed by atoms with van der Waals surface area (Å²) in [5.74, 6) is -1.46. The van der Waals surface area contributed by atoms with E-state index < -0.39 is 23.8 Å². The van der Waals surface area contributed by atoms with Crippen LogP contribution < -0.4 is 5.32 Å². The number of esters is 1. The number of carbonyl (C=O) groups is 2. The number of thiophene rings is 1. The van der Waals surface area contributed by atoms with Gasteiger partial charge in [-0.2, -0.15) is 0 Å². The van der Waals surface area contributed by atoms with Crippen LogP contribution in [0.25, 0.3) is 0 Å². The lowest BCUT2D eigenvalue weighted by Gasteiger charge is -2.18. The quantitative estimate of drug-likeness (QED) is 0.662. The van der Waals surface area contributed by atoms with Crippen LogP contribution in [0, 0.1) is 12.7 Å². The fourth-order valence-corrected chi connectivity index (χ4v) is 3.19. The van der Waals surface area contributed by atoms with Crippen LogP contribution in [0.5, 0.6) is 0 Å². The van der Waals surface area contributed by atoms with Crippen molar-refractivity contribution in [1.82, 2.24) is 0 Å². The molecule has 0 aliphatic heterocycles. The molecule has 1 heterocycles. The van der Waals surface area contributed by atoms with Crippen molar-refractivity contribution in [3.8, 4) is 0 Å². The molecule has 0 spiro atoms. The lowest BCUT2D eigenvalue weighted by molar-refractivity contribution is -0.125. The SMILES string of the molecule is Cc1ccsc1C(=O)O[C@H](C(=O)Nc1ccc(F)cc1)c1ccccc1. The highest BCUT2D eigenvalue weighted by Gasteiger charge is 2.26. The minimum absolute atomic E-state index is 0.401. The van der Waals surface area contributed by atoms with Gasteiger partial charge in [-0.3, -0.25) is 4.79 Å². The molecule has 2 aromatic carbocycles. The average Bonchev–Trinajstić information content (AvgIpc) is 3.08. The molecule has 0 aliphatic rings. The third-order valence-electron chi connectivity index (χ3n) is 3.72. The largest absolute Gasteiger partial charge is 0.443 e. The molecule has 3 aromatic rings. The zero-order valence-corrected chi connectivity index (χ0v) is 14.8. The number of aryl methyl sites for hydroxylation is 1. The van der Waals surface area contributed by atoms with E-state index in [1.54, 1.807) is 29.6 Å². The summed E-state index contributed by atoms with van der Waals surface area (Å²) in [4.78, 5) is 25.6. The second-order valence-corrected chi connectivity index (χ2v) is 6.54. The average molecular weight is 369 g/mol. The van der Waals surface area contributed by atoms with E-state index in [-0.39, 0.29) is 0 Å². The van der Waals surface area contributed by atoms with Crippen LogP contribution in [0.2, 0.25) is 0 Å². The number of benzene rings is 2. The molecule has 0 radical (unpaired) electrons. The smallest absolute Gasteiger partial charge is 0.349 e. The maximum absolute atomic E-state index is 13.0. The van der Waals surface area contributed by atoms with Gasteiger partial charge in [0, 0.05) is 11.3 Å². The van der Waals surface area contributed by atoms with E-state index in [0.717, 1.165) is 5.56 Å². The first-order valence-electron chi connectivity index (χ1n) is 7.91. The van der Waals surface area contributed by atoms with E-state index in [1.807, 2.05) is 19.1 Å². The minimum atomic E-state index is -1.12. The maximum Gasteiger partial charge on any atom is 0.349 e. The van der Waals surface area contributed by atoms with Crippen LogP contribution in [-0.2, 0) is 9.53 Å². The molecule has 26 heavy (non-hydrogen) atoms. The Labute approximate surface area is 154 Å². The van der Waals surface area contributed by atoms with Crippen molar-refractivity contribution in [2.45, 2.75) is 13.0 Å². The Morgan fingerprint density at radius 2 is 1.73 bits per heavy atom. The molecule has 3 rings (SSSR count). The van der Waals surface area contributed by atoms with Crippen molar-refractivity contribution >= 4 is 28.9 Å². The van der Waals surface area contributed by atoms with Gasteiger partial charge in [0.25, 0.3) is 5.91 Å². The zero-order valence-electron chi connectivity index (χ0n) is 13.9. The van der Waals surface area contributed by atoms with Gasteiger partial charge in [-0.25, -0.2) is 9.18 Å². The van der Waals surface area contributed by atoms with Crippen LogP contribution in [0.1, 0.15) is 26.9 Å². The van der Waals surface area contributed by atoms with Crippen LogP contribution in [0.4, 0.5) is 10.1 Å². The topological polar surface area (TPSA) is 55.4 Å².